The Hall–Kier alpha value is -1.52. The molecule has 3 nitrogen and oxygen atoms in total. The van der Waals surface area contributed by atoms with Crippen molar-refractivity contribution in [2.45, 2.75) is 18.9 Å². The number of hydrogen-bond donors (Lipinski definition) is 2. The first kappa shape index (κ1) is 15.9. The van der Waals surface area contributed by atoms with E-state index >= 15 is 0 Å². The van der Waals surface area contributed by atoms with Crippen molar-refractivity contribution in [2.75, 3.05) is 19.0 Å². The maximum Gasteiger partial charge on any atom is 0.122 e. The molecule has 0 spiro atoms. The molecule has 0 aliphatic rings. The predicted molar refractivity (Wildman–Crippen MR) is 91.9 cm³/mol. The number of halogens is 1. The number of nitrogens with one attached hydrogen (secondary N) is 1. The molecule has 0 bridgehead atoms. The fourth-order valence-electron chi connectivity index (χ4n) is 2.32. The van der Waals surface area contributed by atoms with Gasteiger partial charge in [-0.05, 0) is 49.2 Å². The Bertz CT molecular complexity index is 586. The average Bonchev–Trinajstić information content (AvgIpc) is 2.50. The van der Waals surface area contributed by atoms with E-state index in [0.29, 0.717) is 6.54 Å². The minimum atomic E-state index is -0.234. The van der Waals surface area contributed by atoms with Crippen LogP contribution in [0.25, 0.3) is 0 Å². The summed E-state index contributed by atoms with van der Waals surface area (Å²) in [4.78, 5) is 0. The zero-order chi connectivity index (χ0) is 15.3. The van der Waals surface area contributed by atoms with Gasteiger partial charge in [-0.25, -0.2) is 0 Å². The lowest BCUT2D eigenvalue weighted by Crippen LogP contribution is -2.44. The number of rotatable bonds is 6. The van der Waals surface area contributed by atoms with Gasteiger partial charge < -0.3 is 15.8 Å². The van der Waals surface area contributed by atoms with Gasteiger partial charge >= 0.3 is 0 Å². The summed E-state index contributed by atoms with van der Waals surface area (Å²) in [7, 11) is 1.70. The van der Waals surface area contributed by atoms with Crippen LogP contribution in [0.5, 0.6) is 5.75 Å². The second-order valence-corrected chi connectivity index (χ2v) is 6.30. The first-order valence-electron chi connectivity index (χ1n) is 6.92. The van der Waals surface area contributed by atoms with Crippen molar-refractivity contribution < 1.29 is 4.74 Å². The lowest BCUT2D eigenvalue weighted by atomic mass is 9.92. The van der Waals surface area contributed by atoms with Gasteiger partial charge in [0.25, 0.3) is 0 Å². The van der Waals surface area contributed by atoms with Crippen molar-refractivity contribution in [3.63, 3.8) is 0 Å². The van der Waals surface area contributed by atoms with Gasteiger partial charge in [0.05, 0.1) is 12.6 Å². The van der Waals surface area contributed by atoms with Crippen LogP contribution in [-0.4, -0.2) is 19.2 Å². The minimum absolute atomic E-state index is 0.234. The van der Waals surface area contributed by atoms with Gasteiger partial charge in [-0.3, -0.25) is 0 Å². The molecule has 0 saturated carbocycles. The summed E-state index contributed by atoms with van der Waals surface area (Å²) in [6.45, 7) is 2.66. The Kier molecular flexibility index (Phi) is 5.26. The smallest absolute Gasteiger partial charge is 0.122 e. The molecular formula is C17H21BrN2O. The molecule has 2 aromatic carbocycles. The molecule has 0 aromatic heterocycles. The second kappa shape index (κ2) is 6.96. The summed E-state index contributed by atoms with van der Waals surface area (Å²) in [5, 5.41) is 3.53. The maximum atomic E-state index is 6.01. The van der Waals surface area contributed by atoms with E-state index in [2.05, 4.69) is 34.2 Å². The molecule has 0 heterocycles. The van der Waals surface area contributed by atoms with E-state index in [1.54, 1.807) is 7.11 Å². The number of nitrogens with two attached hydrogens (primary N) is 1. The van der Waals surface area contributed by atoms with Crippen molar-refractivity contribution >= 4 is 21.6 Å². The Balaban J connectivity index is 2.18. The summed E-state index contributed by atoms with van der Waals surface area (Å²) in [6, 6.07) is 16.2. The fourth-order valence-corrected chi connectivity index (χ4v) is 2.58. The van der Waals surface area contributed by atoms with E-state index in [9.17, 15) is 0 Å². The highest BCUT2D eigenvalue weighted by Crippen LogP contribution is 2.25. The summed E-state index contributed by atoms with van der Waals surface area (Å²) in [5.41, 5.74) is 7.98. The first-order chi connectivity index (χ1) is 10.1. The lowest BCUT2D eigenvalue weighted by Gasteiger charge is -2.31. The lowest BCUT2D eigenvalue weighted by molar-refractivity contribution is 0.403. The molecular weight excluding hydrogens is 328 g/mol. The maximum absolute atomic E-state index is 6.01. The number of benzene rings is 2. The summed E-state index contributed by atoms with van der Waals surface area (Å²) < 4.78 is 6.49. The largest absolute Gasteiger partial charge is 0.496 e. The van der Waals surface area contributed by atoms with Gasteiger partial charge in [0, 0.05) is 16.7 Å². The van der Waals surface area contributed by atoms with Crippen LogP contribution in [0.2, 0.25) is 0 Å². The van der Waals surface area contributed by atoms with Crippen molar-refractivity contribution in [1.29, 1.82) is 0 Å². The average molecular weight is 349 g/mol. The van der Waals surface area contributed by atoms with Crippen LogP contribution in [0.3, 0.4) is 0 Å². The van der Waals surface area contributed by atoms with E-state index in [4.69, 9.17) is 10.5 Å². The summed E-state index contributed by atoms with van der Waals surface area (Å²) >= 11 is 3.45. The van der Waals surface area contributed by atoms with Crippen molar-refractivity contribution in [2.24, 2.45) is 5.73 Å². The van der Waals surface area contributed by atoms with Crippen LogP contribution < -0.4 is 15.8 Å². The first-order valence-corrected chi connectivity index (χ1v) is 7.71. The van der Waals surface area contributed by atoms with Crippen molar-refractivity contribution in [1.82, 2.24) is 0 Å². The van der Waals surface area contributed by atoms with Gasteiger partial charge in [-0.2, -0.15) is 0 Å². The Labute approximate surface area is 134 Å². The highest BCUT2D eigenvalue weighted by Gasteiger charge is 2.24. The predicted octanol–water partition coefficient (Wildman–Crippen LogP) is 3.83. The topological polar surface area (TPSA) is 47.3 Å². The molecule has 2 aromatic rings. The van der Waals surface area contributed by atoms with E-state index in [0.717, 1.165) is 27.9 Å². The minimum Gasteiger partial charge on any atom is -0.496 e. The monoisotopic (exact) mass is 348 g/mol. The molecule has 0 saturated heterocycles. The van der Waals surface area contributed by atoms with E-state index in [1.165, 1.54) is 0 Å². The highest BCUT2D eigenvalue weighted by atomic mass is 79.9. The normalized spacial score (nSPS) is 13.5. The number of hydrogen-bond acceptors (Lipinski definition) is 3. The quantitative estimate of drug-likeness (QED) is 0.833. The fraction of sp³-hybridized carbons (Fsp3) is 0.294. The number of para-hydroxylation sites is 1. The van der Waals surface area contributed by atoms with Crippen LogP contribution in [-0.2, 0) is 6.42 Å². The molecule has 0 aliphatic heterocycles. The van der Waals surface area contributed by atoms with Crippen molar-refractivity contribution in [3.8, 4) is 5.75 Å². The molecule has 2 rings (SSSR count). The summed E-state index contributed by atoms with van der Waals surface area (Å²) in [5.74, 6) is 0.898. The van der Waals surface area contributed by atoms with Crippen LogP contribution in [0.15, 0.2) is 53.0 Å². The molecule has 0 amide bonds. The number of ether oxygens (including phenoxy) is 1. The van der Waals surface area contributed by atoms with Gasteiger partial charge in [0.15, 0.2) is 0 Å². The molecule has 0 fully saturated rings. The SMILES string of the molecule is COc1ccccc1CC(C)(CN)Nc1ccc(Br)cc1. The van der Waals surface area contributed by atoms with Gasteiger partial charge in [0.1, 0.15) is 5.75 Å². The third-order valence-electron chi connectivity index (χ3n) is 3.51. The van der Waals surface area contributed by atoms with E-state index in [-0.39, 0.29) is 5.54 Å². The second-order valence-electron chi connectivity index (χ2n) is 5.39. The molecule has 0 aliphatic carbocycles. The van der Waals surface area contributed by atoms with E-state index < -0.39 is 0 Å². The zero-order valence-electron chi connectivity index (χ0n) is 12.4. The number of anilines is 1. The van der Waals surface area contributed by atoms with Gasteiger partial charge in [-0.1, -0.05) is 34.1 Å². The van der Waals surface area contributed by atoms with E-state index in [1.807, 2.05) is 42.5 Å². The Morgan fingerprint density at radius 2 is 1.81 bits per heavy atom. The van der Waals surface area contributed by atoms with Crippen LogP contribution in [0.1, 0.15) is 12.5 Å². The molecule has 112 valence electrons. The van der Waals surface area contributed by atoms with Crippen molar-refractivity contribution in [3.05, 3.63) is 58.6 Å². The molecule has 1 atom stereocenters. The third-order valence-corrected chi connectivity index (χ3v) is 4.04. The Morgan fingerprint density at radius 3 is 2.43 bits per heavy atom. The van der Waals surface area contributed by atoms with Gasteiger partial charge in [-0.15, -0.1) is 0 Å². The van der Waals surface area contributed by atoms with Crippen LogP contribution >= 0.6 is 15.9 Å². The van der Waals surface area contributed by atoms with Crippen LogP contribution in [0.4, 0.5) is 5.69 Å². The summed E-state index contributed by atoms with van der Waals surface area (Å²) in [6.07, 6.45) is 0.795. The molecule has 21 heavy (non-hydrogen) atoms. The molecule has 1 unspecified atom stereocenters. The molecule has 4 heteroatoms. The third kappa shape index (κ3) is 4.22. The zero-order valence-corrected chi connectivity index (χ0v) is 14.0. The number of methoxy groups -OCH3 is 1. The Morgan fingerprint density at radius 1 is 1.14 bits per heavy atom. The van der Waals surface area contributed by atoms with Gasteiger partial charge in [0.2, 0.25) is 0 Å². The van der Waals surface area contributed by atoms with Crippen LogP contribution in [0, 0.1) is 0 Å². The molecule has 0 radical (unpaired) electrons. The standard InChI is InChI=1S/C17H21BrN2O/c1-17(12-19,20-15-9-7-14(18)8-10-15)11-13-5-3-4-6-16(13)21-2/h3-10,20H,11-12,19H2,1-2H3. The molecule has 3 N–H and O–H groups in total. The highest BCUT2D eigenvalue weighted by molar-refractivity contribution is 9.10.